The van der Waals surface area contributed by atoms with E-state index >= 15 is 0 Å². The molecule has 5 heterocycles. The van der Waals surface area contributed by atoms with Crippen molar-refractivity contribution in [1.82, 2.24) is 24.1 Å². The molecule has 0 aliphatic carbocycles. The summed E-state index contributed by atoms with van der Waals surface area (Å²) in [6.45, 7) is 0. The molecule has 0 fully saturated rings. The summed E-state index contributed by atoms with van der Waals surface area (Å²) in [5, 5.41) is 11.9. The van der Waals surface area contributed by atoms with Crippen LogP contribution in [0.3, 0.4) is 0 Å². The van der Waals surface area contributed by atoms with Crippen LogP contribution >= 0.6 is 11.3 Å². The molecule has 0 unspecified atom stereocenters. The fraction of sp³-hybridized carbons (Fsp3) is 0. The summed E-state index contributed by atoms with van der Waals surface area (Å²) < 4.78 is 5.89. The van der Waals surface area contributed by atoms with Crippen LogP contribution in [-0.2, 0) is 0 Å². The normalized spacial score (nSPS) is 12.0. The van der Waals surface area contributed by atoms with Gasteiger partial charge in [0.2, 0.25) is 5.95 Å². The second-order valence-corrected chi connectivity index (χ2v) is 17.8. The molecule has 0 spiro atoms. The van der Waals surface area contributed by atoms with E-state index in [0.29, 0.717) is 5.95 Å². The molecule has 0 amide bonds. The maximum absolute atomic E-state index is 5.59. The van der Waals surface area contributed by atoms with Gasteiger partial charge in [-0.3, -0.25) is 9.55 Å². The standard InChI is InChI=1S/C59H35N5S/c1-3-14-38(15-4-1)52-35-41-22-26-48-55(58(41)65-52)56(39-16-5-2-6-17-39)62-59(61-48)64-49-27-25-40(34-47(49)54-44-19-10-8-13-37(44)24-29-51(54)64)45-20-11-21-46-53-43-18-9-7-12-36(43)23-28-50(53)63(57(45)46)42-30-32-60-33-31-42/h1-35H. The molecule has 0 saturated carbocycles. The molecule has 14 aromatic rings. The predicted octanol–water partition coefficient (Wildman–Crippen LogP) is 15.7. The molecule has 6 heteroatoms. The van der Waals surface area contributed by atoms with Gasteiger partial charge in [0.25, 0.3) is 0 Å². The molecule has 0 radical (unpaired) electrons. The maximum Gasteiger partial charge on any atom is 0.235 e. The number of nitrogens with zero attached hydrogens (tertiary/aromatic N) is 5. The van der Waals surface area contributed by atoms with Gasteiger partial charge in [-0.05, 0) is 86.6 Å². The summed E-state index contributed by atoms with van der Waals surface area (Å²) in [6.07, 6.45) is 3.76. The molecule has 0 aliphatic rings. The monoisotopic (exact) mass is 845 g/mol. The Kier molecular flexibility index (Phi) is 7.79. The fourth-order valence-corrected chi connectivity index (χ4v) is 11.6. The van der Waals surface area contributed by atoms with Gasteiger partial charge in [-0.15, -0.1) is 11.3 Å². The quantitative estimate of drug-likeness (QED) is 0.173. The Hall–Kier alpha value is -8.45. The van der Waals surface area contributed by atoms with E-state index in [1.165, 1.54) is 69.3 Å². The summed E-state index contributed by atoms with van der Waals surface area (Å²) in [4.78, 5) is 16.7. The number of rotatable bonds is 5. The third kappa shape index (κ3) is 5.41. The Balaban J connectivity index is 1.06. The number of benzene rings is 9. The zero-order valence-electron chi connectivity index (χ0n) is 34.9. The van der Waals surface area contributed by atoms with Crippen LogP contribution < -0.4 is 0 Å². The number of para-hydroxylation sites is 1. The fourth-order valence-electron chi connectivity index (χ4n) is 10.4. The van der Waals surface area contributed by atoms with Crippen LogP contribution in [-0.4, -0.2) is 24.1 Å². The van der Waals surface area contributed by atoms with Gasteiger partial charge in [-0.2, -0.15) is 0 Å². The Morgan fingerprint density at radius 2 is 1.03 bits per heavy atom. The van der Waals surface area contributed by atoms with Crippen molar-refractivity contribution in [3.63, 3.8) is 0 Å². The van der Waals surface area contributed by atoms with E-state index in [4.69, 9.17) is 9.97 Å². The first kappa shape index (κ1) is 36.1. The van der Waals surface area contributed by atoms with E-state index in [0.717, 1.165) is 55.4 Å². The van der Waals surface area contributed by atoms with Gasteiger partial charge in [0.05, 0.1) is 33.3 Å². The first-order valence-corrected chi connectivity index (χ1v) is 22.7. The van der Waals surface area contributed by atoms with Gasteiger partial charge in [-0.1, -0.05) is 152 Å². The van der Waals surface area contributed by atoms with E-state index < -0.39 is 0 Å². The van der Waals surface area contributed by atoms with Crippen molar-refractivity contribution in [2.75, 3.05) is 0 Å². The molecular formula is C59H35N5S. The van der Waals surface area contributed by atoms with Crippen molar-refractivity contribution in [2.24, 2.45) is 0 Å². The highest BCUT2D eigenvalue weighted by Crippen LogP contribution is 2.45. The third-order valence-electron chi connectivity index (χ3n) is 13.2. The summed E-state index contributed by atoms with van der Waals surface area (Å²) in [5.74, 6) is 0.644. The summed E-state index contributed by atoms with van der Waals surface area (Å²) in [7, 11) is 0. The van der Waals surface area contributed by atoms with Gasteiger partial charge in [0.1, 0.15) is 0 Å². The molecule has 5 nitrogen and oxygen atoms in total. The lowest BCUT2D eigenvalue weighted by Gasteiger charge is -2.13. The van der Waals surface area contributed by atoms with Crippen molar-refractivity contribution < 1.29 is 0 Å². The van der Waals surface area contributed by atoms with Crippen molar-refractivity contribution in [3.05, 3.63) is 213 Å². The summed E-state index contributed by atoms with van der Waals surface area (Å²) in [5.41, 5.74) is 11.9. The van der Waals surface area contributed by atoms with Gasteiger partial charge in [-0.25, -0.2) is 9.97 Å². The van der Waals surface area contributed by atoms with Crippen LogP contribution in [0.15, 0.2) is 213 Å². The molecule has 0 saturated heterocycles. The number of fused-ring (bicyclic) bond motifs is 13. The number of hydrogen-bond acceptors (Lipinski definition) is 4. The maximum atomic E-state index is 5.59. The van der Waals surface area contributed by atoms with Crippen LogP contribution in [0.1, 0.15) is 0 Å². The smallest absolute Gasteiger partial charge is 0.235 e. The minimum absolute atomic E-state index is 0.644. The molecule has 0 bridgehead atoms. The van der Waals surface area contributed by atoms with Gasteiger partial charge >= 0.3 is 0 Å². The average Bonchev–Trinajstić information content (AvgIpc) is 4.07. The van der Waals surface area contributed by atoms with Crippen LogP contribution in [0.4, 0.5) is 0 Å². The molecule has 0 N–H and O–H groups in total. The molecule has 65 heavy (non-hydrogen) atoms. The predicted molar refractivity (Wildman–Crippen MR) is 273 cm³/mol. The lowest BCUT2D eigenvalue weighted by molar-refractivity contribution is 1.01. The van der Waals surface area contributed by atoms with E-state index in [1.54, 1.807) is 0 Å². The molecule has 0 atom stereocenters. The largest absolute Gasteiger partial charge is 0.308 e. The topological polar surface area (TPSA) is 48.5 Å². The average molecular weight is 846 g/mol. The van der Waals surface area contributed by atoms with Crippen molar-refractivity contribution in [3.8, 4) is 44.5 Å². The minimum Gasteiger partial charge on any atom is -0.308 e. The van der Waals surface area contributed by atoms with Gasteiger partial charge in [0, 0.05) is 65.7 Å². The molecule has 9 aromatic carbocycles. The van der Waals surface area contributed by atoms with Crippen molar-refractivity contribution in [2.45, 2.75) is 0 Å². The Bertz CT molecular complexity index is 4220. The van der Waals surface area contributed by atoms with Crippen LogP contribution in [0.2, 0.25) is 0 Å². The second-order valence-electron chi connectivity index (χ2n) is 16.8. The van der Waals surface area contributed by atoms with Gasteiger partial charge < -0.3 is 4.57 Å². The number of hydrogen-bond donors (Lipinski definition) is 0. The second kappa shape index (κ2) is 14.0. The van der Waals surface area contributed by atoms with Crippen LogP contribution in [0.5, 0.6) is 0 Å². The lowest BCUT2D eigenvalue weighted by atomic mass is 9.97. The summed E-state index contributed by atoms with van der Waals surface area (Å²) in [6, 6.07) is 72.2. The molecule has 5 aromatic heterocycles. The number of thiophene rings is 1. The van der Waals surface area contributed by atoms with E-state index in [2.05, 4.69) is 214 Å². The van der Waals surface area contributed by atoms with E-state index in [1.807, 2.05) is 23.7 Å². The zero-order chi connectivity index (χ0) is 42.6. The van der Waals surface area contributed by atoms with Crippen molar-refractivity contribution in [1.29, 1.82) is 0 Å². The first-order chi connectivity index (χ1) is 32.2. The van der Waals surface area contributed by atoms with Crippen LogP contribution in [0, 0.1) is 0 Å². The van der Waals surface area contributed by atoms with Crippen LogP contribution in [0.25, 0.3) is 131 Å². The number of aromatic nitrogens is 5. The molecule has 0 aliphatic heterocycles. The minimum atomic E-state index is 0.644. The van der Waals surface area contributed by atoms with E-state index in [-0.39, 0.29) is 0 Å². The SMILES string of the molecule is c1ccc(-c2cc3ccc4nc(-n5c6ccc(-c7cccc8c9c%10ccccc%10ccc9n(-c9ccncc9)c78)cc6c6c7ccccc7ccc65)nc(-c5ccccc5)c4c3s2)cc1. The lowest BCUT2D eigenvalue weighted by Crippen LogP contribution is -2.03. The Morgan fingerprint density at radius 1 is 0.400 bits per heavy atom. The first-order valence-electron chi connectivity index (χ1n) is 21.9. The highest BCUT2D eigenvalue weighted by molar-refractivity contribution is 7.23. The summed E-state index contributed by atoms with van der Waals surface area (Å²) >= 11 is 1.81. The molecule has 14 rings (SSSR count). The zero-order valence-corrected chi connectivity index (χ0v) is 35.7. The number of pyridine rings is 1. The Morgan fingerprint density at radius 3 is 1.78 bits per heavy atom. The highest BCUT2D eigenvalue weighted by atomic mass is 32.1. The van der Waals surface area contributed by atoms with E-state index in [9.17, 15) is 0 Å². The molecular weight excluding hydrogens is 811 g/mol. The van der Waals surface area contributed by atoms with Gasteiger partial charge in [0.15, 0.2) is 0 Å². The Labute approximate surface area is 376 Å². The molecule has 302 valence electrons. The third-order valence-corrected chi connectivity index (χ3v) is 14.4. The highest BCUT2D eigenvalue weighted by Gasteiger charge is 2.23. The van der Waals surface area contributed by atoms with Crippen molar-refractivity contribution >= 4 is 97.5 Å².